The van der Waals surface area contributed by atoms with Crippen molar-refractivity contribution < 1.29 is 0 Å². The Balaban J connectivity index is 3.24. The van der Waals surface area contributed by atoms with E-state index in [1.165, 1.54) is 0 Å². The molecular formula is C9H11Cl2N. The fourth-order valence-corrected chi connectivity index (χ4v) is 1.85. The van der Waals surface area contributed by atoms with Gasteiger partial charge in [0.2, 0.25) is 0 Å². The highest BCUT2D eigenvalue weighted by molar-refractivity contribution is 6.37. The Morgan fingerprint density at radius 3 is 2.50 bits per heavy atom. The van der Waals surface area contributed by atoms with E-state index < -0.39 is 0 Å². The highest BCUT2D eigenvalue weighted by atomic mass is 35.5. The molecule has 0 aliphatic carbocycles. The van der Waals surface area contributed by atoms with Crippen molar-refractivity contribution in [3.8, 4) is 0 Å². The second kappa shape index (κ2) is 4.01. The Morgan fingerprint density at radius 1 is 1.33 bits per heavy atom. The summed E-state index contributed by atoms with van der Waals surface area (Å²) in [6.07, 6.45) is 0.854. The van der Waals surface area contributed by atoms with Gasteiger partial charge in [-0.3, -0.25) is 0 Å². The van der Waals surface area contributed by atoms with Crippen LogP contribution < -0.4 is 5.32 Å². The lowest BCUT2D eigenvalue weighted by Gasteiger charge is -2.08. The highest BCUT2D eigenvalue weighted by Crippen LogP contribution is 2.31. The summed E-state index contributed by atoms with van der Waals surface area (Å²) in [7, 11) is 1.84. The largest absolute Gasteiger partial charge is 0.387 e. The van der Waals surface area contributed by atoms with Gasteiger partial charge in [0.15, 0.2) is 0 Å². The second-order valence-electron chi connectivity index (χ2n) is 2.49. The van der Waals surface area contributed by atoms with Crippen molar-refractivity contribution in [2.24, 2.45) is 0 Å². The van der Waals surface area contributed by atoms with E-state index in [1.54, 1.807) is 0 Å². The van der Waals surface area contributed by atoms with Gasteiger partial charge in [0, 0.05) is 12.1 Å². The van der Waals surface area contributed by atoms with E-state index in [9.17, 15) is 0 Å². The lowest BCUT2D eigenvalue weighted by Crippen LogP contribution is -1.93. The van der Waals surface area contributed by atoms with Crippen LogP contribution in [0, 0.1) is 0 Å². The molecule has 0 radical (unpaired) electrons. The molecule has 0 heterocycles. The molecule has 0 fully saturated rings. The zero-order valence-corrected chi connectivity index (χ0v) is 8.63. The number of anilines is 1. The molecule has 1 N–H and O–H groups in total. The van der Waals surface area contributed by atoms with Crippen LogP contribution in [-0.2, 0) is 6.42 Å². The number of hydrogen-bond acceptors (Lipinski definition) is 1. The maximum absolute atomic E-state index is 6.07. The minimum absolute atomic E-state index is 0.729. The summed E-state index contributed by atoms with van der Waals surface area (Å²) in [5, 5.41) is 4.47. The summed E-state index contributed by atoms with van der Waals surface area (Å²) >= 11 is 12.0. The lowest BCUT2D eigenvalue weighted by atomic mass is 10.1. The fourth-order valence-electron chi connectivity index (χ4n) is 1.11. The van der Waals surface area contributed by atoms with Crippen molar-refractivity contribution in [3.05, 3.63) is 27.7 Å². The molecule has 0 spiro atoms. The third kappa shape index (κ3) is 1.67. The van der Waals surface area contributed by atoms with Gasteiger partial charge in [-0.25, -0.2) is 0 Å². The average Bonchev–Trinajstić information content (AvgIpc) is 2.06. The molecule has 0 aliphatic heterocycles. The van der Waals surface area contributed by atoms with E-state index in [0.29, 0.717) is 0 Å². The van der Waals surface area contributed by atoms with Crippen LogP contribution in [0.25, 0.3) is 0 Å². The molecular weight excluding hydrogens is 193 g/mol. The summed E-state index contributed by atoms with van der Waals surface area (Å²) in [6, 6.07) is 3.74. The smallest absolute Gasteiger partial charge is 0.0684 e. The predicted octanol–water partition coefficient (Wildman–Crippen LogP) is 3.60. The molecule has 0 aliphatic rings. The minimum atomic E-state index is 0.729. The van der Waals surface area contributed by atoms with E-state index in [0.717, 1.165) is 27.7 Å². The topological polar surface area (TPSA) is 12.0 Å². The fraction of sp³-hybridized carbons (Fsp3) is 0.333. The van der Waals surface area contributed by atoms with Crippen LogP contribution >= 0.6 is 23.2 Å². The van der Waals surface area contributed by atoms with Gasteiger partial charge in [-0.2, -0.15) is 0 Å². The third-order valence-corrected chi connectivity index (χ3v) is 2.59. The average molecular weight is 204 g/mol. The number of halogens is 2. The first kappa shape index (κ1) is 9.69. The standard InChI is InChI=1S/C9H11Cl2N/c1-3-6-7(10)4-5-8(12-2)9(6)11/h4-5,12H,3H2,1-2H3. The van der Waals surface area contributed by atoms with Gasteiger partial charge in [-0.1, -0.05) is 30.1 Å². The SMILES string of the molecule is CCc1c(Cl)ccc(NC)c1Cl. The lowest BCUT2D eigenvalue weighted by molar-refractivity contribution is 1.14. The molecule has 0 unspecified atom stereocenters. The normalized spacial score (nSPS) is 10.0. The van der Waals surface area contributed by atoms with Gasteiger partial charge < -0.3 is 5.32 Å². The summed E-state index contributed by atoms with van der Waals surface area (Å²) in [4.78, 5) is 0. The van der Waals surface area contributed by atoms with E-state index in [-0.39, 0.29) is 0 Å². The Morgan fingerprint density at radius 2 is 2.00 bits per heavy atom. The summed E-state index contributed by atoms with van der Waals surface area (Å²) in [5.74, 6) is 0. The first-order chi connectivity index (χ1) is 5.70. The first-order valence-electron chi connectivity index (χ1n) is 3.85. The maximum Gasteiger partial charge on any atom is 0.0684 e. The van der Waals surface area contributed by atoms with Crippen LogP contribution in [0.3, 0.4) is 0 Å². The van der Waals surface area contributed by atoms with E-state index in [2.05, 4.69) is 5.32 Å². The van der Waals surface area contributed by atoms with Crippen LogP contribution in [0.2, 0.25) is 10.0 Å². The van der Waals surface area contributed by atoms with Crippen LogP contribution in [0.1, 0.15) is 12.5 Å². The van der Waals surface area contributed by atoms with Gasteiger partial charge in [0.25, 0.3) is 0 Å². The molecule has 0 amide bonds. The number of nitrogens with one attached hydrogen (secondary N) is 1. The molecule has 12 heavy (non-hydrogen) atoms. The van der Waals surface area contributed by atoms with Gasteiger partial charge in [0.1, 0.15) is 0 Å². The van der Waals surface area contributed by atoms with Gasteiger partial charge in [0.05, 0.1) is 10.7 Å². The van der Waals surface area contributed by atoms with Crippen molar-refractivity contribution in [1.29, 1.82) is 0 Å². The molecule has 1 rings (SSSR count). The van der Waals surface area contributed by atoms with Crippen LogP contribution in [0.15, 0.2) is 12.1 Å². The Bertz CT molecular complexity index is 284. The quantitative estimate of drug-likeness (QED) is 0.775. The van der Waals surface area contributed by atoms with Gasteiger partial charge in [-0.15, -0.1) is 0 Å². The van der Waals surface area contributed by atoms with Crippen molar-refractivity contribution in [2.45, 2.75) is 13.3 Å². The predicted molar refractivity (Wildman–Crippen MR) is 55.4 cm³/mol. The van der Waals surface area contributed by atoms with Gasteiger partial charge in [-0.05, 0) is 24.1 Å². The number of hydrogen-bond donors (Lipinski definition) is 1. The van der Waals surface area contributed by atoms with Crippen LogP contribution in [0.5, 0.6) is 0 Å². The third-order valence-electron chi connectivity index (χ3n) is 1.81. The molecule has 0 saturated heterocycles. The Kier molecular flexibility index (Phi) is 3.24. The molecule has 1 aromatic rings. The Labute approximate surface area is 82.7 Å². The summed E-state index contributed by atoms with van der Waals surface area (Å²) < 4.78 is 0. The monoisotopic (exact) mass is 203 g/mol. The maximum atomic E-state index is 6.07. The Hall–Kier alpha value is -0.400. The summed E-state index contributed by atoms with van der Waals surface area (Å²) in [5.41, 5.74) is 1.93. The zero-order valence-electron chi connectivity index (χ0n) is 7.12. The molecule has 66 valence electrons. The highest BCUT2D eigenvalue weighted by Gasteiger charge is 2.06. The zero-order chi connectivity index (χ0) is 9.14. The molecule has 1 aromatic carbocycles. The molecule has 3 heteroatoms. The van der Waals surface area contributed by atoms with Gasteiger partial charge >= 0.3 is 0 Å². The number of benzene rings is 1. The minimum Gasteiger partial charge on any atom is -0.387 e. The number of rotatable bonds is 2. The van der Waals surface area contributed by atoms with Crippen molar-refractivity contribution in [3.63, 3.8) is 0 Å². The molecule has 0 saturated carbocycles. The molecule has 0 aromatic heterocycles. The van der Waals surface area contributed by atoms with E-state index in [4.69, 9.17) is 23.2 Å². The molecule has 0 atom stereocenters. The van der Waals surface area contributed by atoms with Crippen LogP contribution in [0.4, 0.5) is 5.69 Å². The van der Waals surface area contributed by atoms with E-state index >= 15 is 0 Å². The molecule has 1 nitrogen and oxygen atoms in total. The van der Waals surface area contributed by atoms with Crippen molar-refractivity contribution in [2.75, 3.05) is 12.4 Å². The van der Waals surface area contributed by atoms with E-state index in [1.807, 2.05) is 26.1 Å². The summed E-state index contributed by atoms with van der Waals surface area (Å²) in [6.45, 7) is 2.03. The first-order valence-corrected chi connectivity index (χ1v) is 4.61. The van der Waals surface area contributed by atoms with Crippen molar-refractivity contribution in [1.82, 2.24) is 0 Å². The van der Waals surface area contributed by atoms with Crippen molar-refractivity contribution >= 4 is 28.9 Å². The second-order valence-corrected chi connectivity index (χ2v) is 3.28. The van der Waals surface area contributed by atoms with Crippen LogP contribution in [-0.4, -0.2) is 7.05 Å². The molecule has 0 bridgehead atoms.